The van der Waals surface area contributed by atoms with Crippen LogP contribution in [0.25, 0.3) is 22.0 Å². The fourth-order valence-electron chi connectivity index (χ4n) is 3.36. The van der Waals surface area contributed by atoms with Crippen molar-refractivity contribution < 1.29 is 32.2 Å². The molecule has 4 rings (SSSR count). The number of cyclic esters (lactones) is 1. The number of benzene rings is 2. The number of primary amides is 1. The number of nitrogens with zero attached hydrogens (tertiary/aromatic N) is 1. The van der Waals surface area contributed by atoms with Crippen LogP contribution in [-0.2, 0) is 15.7 Å². The van der Waals surface area contributed by atoms with Crippen molar-refractivity contribution in [3.8, 4) is 11.3 Å². The van der Waals surface area contributed by atoms with Gasteiger partial charge in [0.15, 0.2) is 0 Å². The van der Waals surface area contributed by atoms with E-state index < -0.39 is 35.8 Å². The first-order chi connectivity index (χ1) is 14.6. The molecule has 0 spiro atoms. The van der Waals surface area contributed by atoms with Crippen molar-refractivity contribution in [1.82, 2.24) is 4.98 Å². The van der Waals surface area contributed by atoms with E-state index in [0.29, 0.717) is 5.39 Å². The number of H-pyrrole nitrogens is 1. The number of hydrogen-bond donors (Lipinski definition) is 2. The number of rotatable bonds is 3. The first-order valence-corrected chi connectivity index (χ1v) is 8.91. The first kappa shape index (κ1) is 20.3. The molecule has 8 nitrogen and oxygen atoms in total. The summed E-state index contributed by atoms with van der Waals surface area (Å²) in [6.45, 7) is -0.137. The van der Waals surface area contributed by atoms with Crippen LogP contribution in [-0.4, -0.2) is 30.0 Å². The van der Waals surface area contributed by atoms with Crippen molar-refractivity contribution >= 4 is 28.6 Å². The van der Waals surface area contributed by atoms with Gasteiger partial charge in [0.1, 0.15) is 6.54 Å². The largest absolute Gasteiger partial charge is 0.417 e. The molecule has 3 aromatic rings. The Balaban J connectivity index is 1.73. The number of nitrogens with one attached hydrogen (secondary N) is 1. The van der Waals surface area contributed by atoms with Crippen LogP contribution in [0.5, 0.6) is 0 Å². The van der Waals surface area contributed by atoms with E-state index in [-0.39, 0.29) is 28.9 Å². The summed E-state index contributed by atoms with van der Waals surface area (Å²) in [5.74, 6) is 0. The lowest BCUT2D eigenvalue weighted by molar-refractivity contribution is -0.137. The first-order valence-electron chi connectivity index (χ1n) is 8.91. The number of nitrogens with two attached hydrogens (primary N) is 1. The second-order valence-electron chi connectivity index (χ2n) is 6.69. The van der Waals surface area contributed by atoms with Gasteiger partial charge in [-0.25, -0.2) is 9.59 Å². The highest BCUT2D eigenvalue weighted by Gasteiger charge is 2.35. The lowest BCUT2D eigenvalue weighted by Gasteiger charge is -2.15. The zero-order valence-electron chi connectivity index (χ0n) is 15.6. The minimum Gasteiger partial charge on any atom is -0.407 e. The van der Waals surface area contributed by atoms with Crippen LogP contribution in [0.3, 0.4) is 0 Å². The summed E-state index contributed by atoms with van der Waals surface area (Å²) in [6, 6.07) is 10.7. The molecule has 0 bridgehead atoms. The molecule has 160 valence electrons. The maximum Gasteiger partial charge on any atom is 0.417 e. The summed E-state index contributed by atoms with van der Waals surface area (Å²) in [4.78, 5) is 39.1. The third kappa shape index (κ3) is 3.89. The number of amides is 2. The molecule has 2 amide bonds. The van der Waals surface area contributed by atoms with Gasteiger partial charge in [0.25, 0.3) is 11.8 Å². The number of ether oxygens (including phenoxy) is 2. The van der Waals surface area contributed by atoms with Crippen LogP contribution in [0.4, 0.5) is 28.4 Å². The highest BCUT2D eigenvalue weighted by Crippen LogP contribution is 2.36. The Kier molecular flexibility index (Phi) is 4.80. The predicted molar refractivity (Wildman–Crippen MR) is 103 cm³/mol. The van der Waals surface area contributed by atoms with Crippen LogP contribution < -0.4 is 16.2 Å². The summed E-state index contributed by atoms with van der Waals surface area (Å²) in [6.07, 6.45) is -7.70. The maximum absolute atomic E-state index is 13.3. The van der Waals surface area contributed by atoms with E-state index >= 15 is 0 Å². The van der Waals surface area contributed by atoms with Crippen LogP contribution in [0.1, 0.15) is 5.56 Å². The standard InChI is InChI=1S/C20H14F3N3O5/c21-20(22,23)14-4-2-1-3-12(14)15-7-10-5-6-11(8-13(10)17(27)25-15)26-9-16(30-18(24)28)31-19(26)29/h1-8,16H,9H2,(H2,24,28)(H,25,27)/t16-/m0/s1. The van der Waals surface area contributed by atoms with E-state index in [2.05, 4.69) is 9.72 Å². The second kappa shape index (κ2) is 7.35. The predicted octanol–water partition coefficient (Wildman–Crippen LogP) is 3.59. The Bertz CT molecular complexity index is 1250. The average molecular weight is 433 g/mol. The van der Waals surface area contributed by atoms with Gasteiger partial charge in [0.2, 0.25) is 0 Å². The molecule has 1 fully saturated rings. The van der Waals surface area contributed by atoms with Gasteiger partial charge in [-0.1, -0.05) is 24.3 Å². The molecule has 1 saturated heterocycles. The van der Waals surface area contributed by atoms with Gasteiger partial charge in [-0.15, -0.1) is 0 Å². The van der Waals surface area contributed by atoms with Crippen LogP contribution in [0, 0.1) is 0 Å². The lowest BCUT2D eigenvalue weighted by atomic mass is 10.0. The molecular formula is C20H14F3N3O5. The SMILES string of the molecule is NC(=O)O[C@@H]1CN(c2ccc3cc(-c4ccccc4C(F)(F)F)[nH]c(=O)c3c2)C(=O)O1. The fraction of sp³-hybridized carbons (Fsp3) is 0.150. The molecule has 0 radical (unpaired) electrons. The monoisotopic (exact) mass is 433 g/mol. The smallest absolute Gasteiger partial charge is 0.407 e. The zero-order chi connectivity index (χ0) is 22.3. The number of aromatic amines is 1. The molecule has 2 aromatic carbocycles. The van der Waals surface area contributed by atoms with Crippen LogP contribution >= 0.6 is 0 Å². The summed E-state index contributed by atoms with van der Waals surface area (Å²) < 4.78 is 49.5. The average Bonchev–Trinajstić information content (AvgIpc) is 3.06. The molecule has 2 heterocycles. The number of aromatic nitrogens is 1. The molecule has 1 aliphatic rings. The van der Waals surface area contributed by atoms with Gasteiger partial charge < -0.3 is 20.2 Å². The highest BCUT2D eigenvalue weighted by molar-refractivity contribution is 5.94. The number of hydrogen-bond acceptors (Lipinski definition) is 5. The molecule has 1 aliphatic heterocycles. The highest BCUT2D eigenvalue weighted by atomic mass is 19.4. The number of carbonyl (C=O) groups is 2. The summed E-state index contributed by atoms with van der Waals surface area (Å²) >= 11 is 0. The molecule has 3 N–H and O–H groups in total. The topological polar surface area (TPSA) is 115 Å². The molecule has 11 heteroatoms. The van der Waals surface area contributed by atoms with Gasteiger partial charge in [-0.3, -0.25) is 9.69 Å². The van der Waals surface area contributed by atoms with Crippen LogP contribution in [0.15, 0.2) is 53.3 Å². The quantitative estimate of drug-likeness (QED) is 0.655. The molecule has 1 atom stereocenters. The maximum atomic E-state index is 13.3. The van der Waals surface area contributed by atoms with E-state index in [4.69, 9.17) is 10.5 Å². The van der Waals surface area contributed by atoms with Crippen molar-refractivity contribution in [2.24, 2.45) is 5.73 Å². The molecular weight excluding hydrogens is 419 g/mol. The van der Waals surface area contributed by atoms with Gasteiger partial charge in [-0.05, 0) is 29.7 Å². The number of alkyl halides is 3. The number of fused-ring (bicyclic) bond motifs is 1. The van der Waals surface area contributed by atoms with Gasteiger partial charge in [0.05, 0.1) is 5.56 Å². The minimum atomic E-state index is -4.59. The summed E-state index contributed by atoms with van der Waals surface area (Å²) in [5, 5.41) is 0.523. The normalized spacial score (nSPS) is 16.4. The molecule has 1 aromatic heterocycles. The lowest BCUT2D eigenvalue weighted by Crippen LogP contribution is -2.28. The van der Waals surface area contributed by atoms with Crippen molar-refractivity contribution in [2.45, 2.75) is 12.5 Å². The number of carbonyl (C=O) groups excluding carboxylic acids is 2. The Morgan fingerprint density at radius 1 is 1.16 bits per heavy atom. The third-order valence-corrected chi connectivity index (χ3v) is 4.70. The summed E-state index contributed by atoms with van der Waals surface area (Å²) in [7, 11) is 0. The molecule has 31 heavy (non-hydrogen) atoms. The second-order valence-corrected chi connectivity index (χ2v) is 6.69. The third-order valence-electron chi connectivity index (χ3n) is 4.70. The van der Waals surface area contributed by atoms with Crippen molar-refractivity contribution in [3.63, 3.8) is 0 Å². The Hall–Kier alpha value is -4.02. The molecule has 0 saturated carbocycles. The number of halogens is 3. The van der Waals surface area contributed by atoms with E-state index in [9.17, 15) is 27.6 Å². The zero-order valence-corrected chi connectivity index (χ0v) is 15.6. The van der Waals surface area contributed by atoms with E-state index in [1.54, 1.807) is 0 Å². The van der Waals surface area contributed by atoms with Gasteiger partial charge in [-0.2, -0.15) is 13.2 Å². The van der Waals surface area contributed by atoms with Gasteiger partial charge >= 0.3 is 18.4 Å². The van der Waals surface area contributed by atoms with Crippen molar-refractivity contribution in [3.05, 3.63) is 64.4 Å². The summed E-state index contributed by atoms with van der Waals surface area (Å²) in [5.41, 5.74) is 3.53. The van der Waals surface area contributed by atoms with E-state index in [1.165, 1.54) is 42.5 Å². The Morgan fingerprint density at radius 3 is 2.61 bits per heavy atom. The van der Waals surface area contributed by atoms with Crippen LogP contribution in [0.2, 0.25) is 0 Å². The van der Waals surface area contributed by atoms with E-state index in [0.717, 1.165) is 11.0 Å². The number of anilines is 1. The Morgan fingerprint density at radius 2 is 1.90 bits per heavy atom. The minimum absolute atomic E-state index is 0.00804. The molecule has 0 aliphatic carbocycles. The number of pyridine rings is 1. The van der Waals surface area contributed by atoms with Gasteiger partial charge in [0, 0.05) is 22.3 Å². The van der Waals surface area contributed by atoms with Crippen molar-refractivity contribution in [2.75, 3.05) is 11.4 Å². The van der Waals surface area contributed by atoms with E-state index in [1.807, 2.05) is 0 Å². The Labute approximate surface area is 172 Å². The molecule has 0 unspecified atom stereocenters. The fourth-order valence-corrected chi connectivity index (χ4v) is 3.36. The van der Waals surface area contributed by atoms with Crippen molar-refractivity contribution in [1.29, 1.82) is 0 Å².